The number of hydrogen-bond donors (Lipinski definition) is 3. The predicted molar refractivity (Wildman–Crippen MR) is 65.3 cm³/mol. The Balaban J connectivity index is 1.72. The van der Waals surface area contributed by atoms with Crippen molar-refractivity contribution in [3.05, 3.63) is 23.8 Å². The molecule has 3 aliphatic rings. The number of hydrogen-bond acceptors (Lipinski definition) is 2. The van der Waals surface area contributed by atoms with Crippen LogP contribution >= 0.6 is 0 Å². The average Bonchev–Trinajstić information content (AvgIpc) is 2.35. The van der Waals surface area contributed by atoms with Crippen molar-refractivity contribution in [3.63, 3.8) is 0 Å². The molecule has 3 N–H and O–H groups in total. The van der Waals surface area contributed by atoms with Crippen molar-refractivity contribution in [2.45, 2.75) is 31.7 Å². The minimum atomic E-state index is -0.0217. The van der Waals surface area contributed by atoms with Crippen LogP contribution in [-0.4, -0.2) is 29.3 Å². The first-order chi connectivity index (χ1) is 8.22. The first-order valence-corrected chi connectivity index (χ1v) is 6.58. The number of piperidine rings is 3. The second-order valence-electron chi connectivity index (χ2n) is 5.56. The number of nitrogens with one attached hydrogen (secondary N) is 1. The van der Waals surface area contributed by atoms with Crippen LogP contribution in [0.3, 0.4) is 0 Å². The summed E-state index contributed by atoms with van der Waals surface area (Å²) in [6.45, 7) is 2.64. The Morgan fingerprint density at radius 1 is 1.12 bits per heavy atom. The van der Waals surface area contributed by atoms with Gasteiger partial charge in [0, 0.05) is 12.8 Å². The van der Waals surface area contributed by atoms with Crippen LogP contribution in [0.4, 0.5) is 0 Å². The van der Waals surface area contributed by atoms with E-state index >= 15 is 0 Å². The lowest BCUT2D eigenvalue weighted by atomic mass is 9.81. The van der Waals surface area contributed by atoms with E-state index in [0.717, 1.165) is 17.9 Å². The number of aromatic hydroxyl groups is 2. The summed E-state index contributed by atoms with van der Waals surface area (Å²) in [7, 11) is 0. The van der Waals surface area contributed by atoms with Gasteiger partial charge in [0.2, 0.25) is 0 Å². The molecule has 1 unspecified atom stereocenters. The maximum atomic E-state index is 9.50. The summed E-state index contributed by atoms with van der Waals surface area (Å²) in [5, 5.41) is 18.8. The van der Waals surface area contributed by atoms with E-state index in [4.69, 9.17) is 0 Å². The Morgan fingerprint density at radius 3 is 2.47 bits per heavy atom. The third-order valence-corrected chi connectivity index (χ3v) is 4.46. The minimum Gasteiger partial charge on any atom is -0.504 e. The van der Waals surface area contributed by atoms with Gasteiger partial charge in [-0.15, -0.1) is 0 Å². The SMILES string of the molecule is Oc1ccc(CC2CC3CC[NH+]2CC3)cc1O. The lowest BCUT2D eigenvalue weighted by Crippen LogP contribution is -3.18. The number of benzene rings is 1. The maximum Gasteiger partial charge on any atom is 0.157 e. The average molecular weight is 234 g/mol. The normalized spacial score (nSPS) is 31.6. The first-order valence-electron chi connectivity index (χ1n) is 6.58. The van der Waals surface area contributed by atoms with E-state index in [1.54, 1.807) is 17.0 Å². The fraction of sp³-hybridized carbons (Fsp3) is 0.571. The maximum absolute atomic E-state index is 9.50. The topological polar surface area (TPSA) is 44.9 Å². The van der Waals surface area contributed by atoms with E-state index in [-0.39, 0.29) is 11.5 Å². The second kappa shape index (κ2) is 4.22. The standard InChI is InChI=1S/C14H19NO2/c16-13-2-1-11(9-14(13)17)8-12-7-10-3-5-15(12)6-4-10/h1-2,9-10,12,16-17H,3-8H2/p+1. The van der Waals surface area contributed by atoms with Gasteiger partial charge >= 0.3 is 0 Å². The number of rotatable bonds is 2. The van der Waals surface area contributed by atoms with Crippen molar-refractivity contribution in [2.75, 3.05) is 13.1 Å². The van der Waals surface area contributed by atoms with Crippen molar-refractivity contribution in [1.29, 1.82) is 0 Å². The molecule has 1 aromatic carbocycles. The number of quaternary nitrogens is 1. The fourth-order valence-corrected chi connectivity index (χ4v) is 3.47. The van der Waals surface area contributed by atoms with E-state index in [9.17, 15) is 10.2 Å². The van der Waals surface area contributed by atoms with Gasteiger partial charge in [-0.25, -0.2) is 0 Å². The van der Waals surface area contributed by atoms with Crippen LogP contribution < -0.4 is 4.90 Å². The molecule has 3 fully saturated rings. The van der Waals surface area contributed by atoms with Crippen molar-refractivity contribution >= 4 is 0 Å². The van der Waals surface area contributed by atoms with E-state index in [0.29, 0.717) is 6.04 Å². The summed E-state index contributed by atoms with van der Waals surface area (Å²) >= 11 is 0. The van der Waals surface area contributed by atoms with Crippen molar-refractivity contribution < 1.29 is 15.1 Å². The summed E-state index contributed by atoms with van der Waals surface area (Å²) in [6, 6.07) is 5.94. The highest BCUT2D eigenvalue weighted by atomic mass is 16.3. The largest absolute Gasteiger partial charge is 0.504 e. The Hall–Kier alpha value is -1.22. The Morgan fingerprint density at radius 2 is 1.88 bits per heavy atom. The molecule has 17 heavy (non-hydrogen) atoms. The molecular weight excluding hydrogens is 214 g/mol. The van der Waals surface area contributed by atoms with E-state index < -0.39 is 0 Å². The van der Waals surface area contributed by atoms with Gasteiger partial charge in [-0.3, -0.25) is 0 Å². The number of phenolic OH excluding ortho intramolecular Hbond substituents is 2. The molecule has 4 rings (SSSR count). The highest BCUT2D eigenvalue weighted by molar-refractivity contribution is 5.40. The molecule has 92 valence electrons. The molecule has 3 aliphatic heterocycles. The molecule has 0 amide bonds. The molecule has 3 saturated heterocycles. The molecule has 0 aromatic heterocycles. The molecule has 0 radical (unpaired) electrons. The molecular formula is C14H20NO2+. The minimum absolute atomic E-state index is 0.00784. The Kier molecular flexibility index (Phi) is 2.71. The zero-order valence-corrected chi connectivity index (χ0v) is 10.0. The van der Waals surface area contributed by atoms with E-state index in [2.05, 4.69) is 0 Å². The Labute approximate surface area is 102 Å². The molecule has 0 aliphatic carbocycles. The third kappa shape index (κ3) is 2.12. The van der Waals surface area contributed by atoms with Gasteiger partial charge in [-0.05, 0) is 36.5 Å². The van der Waals surface area contributed by atoms with Crippen molar-refractivity contribution in [1.82, 2.24) is 0 Å². The van der Waals surface area contributed by atoms with Crippen LogP contribution in [0.5, 0.6) is 11.5 Å². The van der Waals surface area contributed by atoms with Gasteiger partial charge in [0.05, 0.1) is 19.1 Å². The summed E-state index contributed by atoms with van der Waals surface area (Å²) < 4.78 is 0. The van der Waals surface area contributed by atoms with Gasteiger partial charge in [-0.2, -0.15) is 0 Å². The summed E-state index contributed by atoms with van der Waals surface area (Å²) in [5.74, 6) is 0.920. The summed E-state index contributed by atoms with van der Waals surface area (Å²) in [6.07, 6.45) is 5.15. The third-order valence-electron chi connectivity index (χ3n) is 4.46. The molecule has 1 atom stereocenters. The van der Waals surface area contributed by atoms with Crippen LogP contribution in [0.25, 0.3) is 0 Å². The monoisotopic (exact) mass is 234 g/mol. The van der Waals surface area contributed by atoms with Crippen LogP contribution in [0.1, 0.15) is 24.8 Å². The van der Waals surface area contributed by atoms with Crippen molar-refractivity contribution in [3.8, 4) is 11.5 Å². The Bertz CT molecular complexity index is 411. The van der Waals surface area contributed by atoms with Gasteiger partial charge in [-0.1, -0.05) is 6.07 Å². The molecule has 0 saturated carbocycles. The summed E-state index contributed by atoms with van der Waals surface area (Å²) in [5.41, 5.74) is 1.14. The van der Waals surface area contributed by atoms with E-state index in [1.165, 1.54) is 32.4 Å². The first kappa shape index (κ1) is 10.9. The second-order valence-corrected chi connectivity index (χ2v) is 5.56. The summed E-state index contributed by atoms with van der Waals surface area (Å²) in [4.78, 5) is 1.74. The zero-order valence-electron chi connectivity index (χ0n) is 10.0. The lowest BCUT2D eigenvalue weighted by molar-refractivity contribution is -0.941. The lowest BCUT2D eigenvalue weighted by Gasteiger charge is -2.42. The highest BCUT2D eigenvalue weighted by Gasteiger charge is 2.36. The van der Waals surface area contributed by atoms with Crippen LogP contribution in [0, 0.1) is 5.92 Å². The fourth-order valence-electron chi connectivity index (χ4n) is 3.47. The zero-order chi connectivity index (χ0) is 11.8. The smallest absolute Gasteiger partial charge is 0.157 e. The predicted octanol–water partition coefficient (Wildman–Crippen LogP) is 0.707. The van der Waals surface area contributed by atoms with Gasteiger partial charge in [0.25, 0.3) is 0 Å². The van der Waals surface area contributed by atoms with Crippen LogP contribution in [0.2, 0.25) is 0 Å². The molecule has 1 aromatic rings. The van der Waals surface area contributed by atoms with Crippen LogP contribution in [0.15, 0.2) is 18.2 Å². The van der Waals surface area contributed by atoms with E-state index in [1.807, 2.05) is 6.07 Å². The van der Waals surface area contributed by atoms with Crippen molar-refractivity contribution in [2.24, 2.45) is 5.92 Å². The molecule has 2 bridgehead atoms. The van der Waals surface area contributed by atoms with Gasteiger partial charge in [0.15, 0.2) is 11.5 Å². The number of fused-ring (bicyclic) bond motifs is 3. The molecule has 3 heteroatoms. The molecule has 3 nitrogen and oxygen atoms in total. The van der Waals surface area contributed by atoms with Crippen LogP contribution in [-0.2, 0) is 6.42 Å². The van der Waals surface area contributed by atoms with Gasteiger partial charge < -0.3 is 15.1 Å². The number of phenols is 2. The van der Waals surface area contributed by atoms with Gasteiger partial charge in [0.1, 0.15) is 0 Å². The highest BCUT2D eigenvalue weighted by Crippen LogP contribution is 2.27. The quantitative estimate of drug-likeness (QED) is 0.660. The molecule has 0 spiro atoms. The molecule has 3 heterocycles.